The second kappa shape index (κ2) is 9.17. The number of carbonyl (C=O) groups excluding carboxylic acids is 1. The molecular formula is C14H21BrN2O3S. The van der Waals surface area contributed by atoms with Gasteiger partial charge in [-0.1, -0.05) is 35.0 Å². The monoisotopic (exact) mass is 376 g/mol. The van der Waals surface area contributed by atoms with Gasteiger partial charge in [-0.05, 0) is 30.7 Å². The lowest BCUT2D eigenvalue weighted by Crippen LogP contribution is -2.35. The van der Waals surface area contributed by atoms with Gasteiger partial charge in [0.1, 0.15) is 5.75 Å². The molecule has 7 heteroatoms. The number of hydrogen-bond donors (Lipinski definition) is 2. The molecule has 0 radical (unpaired) electrons. The molecule has 0 aromatic heterocycles. The maximum absolute atomic E-state index is 11.9. The van der Waals surface area contributed by atoms with Crippen LogP contribution in [0.25, 0.3) is 0 Å². The van der Waals surface area contributed by atoms with Gasteiger partial charge in [-0.25, -0.2) is 8.42 Å². The van der Waals surface area contributed by atoms with Crippen LogP contribution in [-0.2, 0) is 20.4 Å². The molecule has 118 valence electrons. The molecule has 0 saturated heterocycles. The van der Waals surface area contributed by atoms with Crippen LogP contribution in [-0.4, -0.2) is 39.7 Å². The number of carbonyl (C=O) groups is 1. The summed E-state index contributed by atoms with van der Waals surface area (Å²) in [5, 5.41) is 5.73. The van der Waals surface area contributed by atoms with Crippen LogP contribution in [0, 0.1) is 0 Å². The van der Waals surface area contributed by atoms with E-state index in [0.29, 0.717) is 18.7 Å². The molecule has 0 unspecified atom stereocenters. The van der Waals surface area contributed by atoms with Crippen molar-refractivity contribution in [3.63, 3.8) is 0 Å². The summed E-state index contributed by atoms with van der Waals surface area (Å²) in [7, 11) is -3.44. The summed E-state index contributed by atoms with van der Waals surface area (Å²) in [5.41, 5.74) is 0.676. The molecule has 21 heavy (non-hydrogen) atoms. The molecule has 0 bridgehead atoms. The minimum absolute atomic E-state index is 0.123. The largest absolute Gasteiger partial charge is 0.354 e. The van der Waals surface area contributed by atoms with Gasteiger partial charge in [0.2, 0.25) is 5.91 Å². The Balaban J connectivity index is 2.37. The fraction of sp³-hybridized carbons (Fsp3) is 0.500. The number of benzene rings is 1. The van der Waals surface area contributed by atoms with Crippen molar-refractivity contribution in [1.29, 1.82) is 0 Å². The topological polar surface area (TPSA) is 75.3 Å². The van der Waals surface area contributed by atoms with Gasteiger partial charge < -0.3 is 10.6 Å². The van der Waals surface area contributed by atoms with Crippen LogP contribution in [0.1, 0.15) is 18.9 Å². The first-order valence-corrected chi connectivity index (χ1v) is 9.46. The van der Waals surface area contributed by atoms with Crippen molar-refractivity contribution >= 4 is 31.7 Å². The first kappa shape index (κ1) is 18.1. The average molecular weight is 377 g/mol. The van der Waals surface area contributed by atoms with E-state index >= 15 is 0 Å². The van der Waals surface area contributed by atoms with E-state index in [1.807, 2.05) is 0 Å². The molecule has 5 nitrogen and oxygen atoms in total. The Kier molecular flexibility index (Phi) is 7.92. The number of halogens is 1. The minimum atomic E-state index is -3.44. The number of amides is 1. The predicted octanol–water partition coefficient (Wildman–Crippen LogP) is 1.48. The van der Waals surface area contributed by atoms with Gasteiger partial charge in [-0.2, -0.15) is 0 Å². The van der Waals surface area contributed by atoms with Gasteiger partial charge in [-0.3, -0.25) is 4.79 Å². The van der Waals surface area contributed by atoms with E-state index in [2.05, 4.69) is 33.5 Å². The van der Waals surface area contributed by atoms with E-state index in [9.17, 15) is 13.2 Å². The predicted molar refractivity (Wildman–Crippen MR) is 87.8 cm³/mol. The van der Waals surface area contributed by atoms with Gasteiger partial charge in [0.05, 0.1) is 5.75 Å². The van der Waals surface area contributed by atoms with Gasteiger partial charge in [0.15, 0.2) is 9.84 Å². The summed E-state index contributed by atoms with van der Waals surface area (Å²) < 4.78 is 24.8. The van der Waals surface area contributed by atoms with Crippen LogP contribution < -0.4 is 10.6 Å². The third-order valence-electron chi connectivity index (χ3n) is 2.70. The lowest BCUT2D eigenvalue weighted by Gasteiger charge is -2.07. The van der Waals surface area contributed by atoms with Gasteiger partial charge in [0.25, 0.3) is 0 Å². The maximum Gasteiger partial charge on any atom is 0.235 e. The first-order chi connectivity index (χ1) is 9.93. The number of sulfone groups is 1. The average Bonchev–Trinajstić information content (AvgIpc) is 2.40. The Morgan fingerprint density at radius 2 is 1.81 bits per heavy atom. The van der Waals surface area contributed by atoms with Crippen LogP contribution in [0.5, 0.6) is 0 Å². The van der Waals surface area contributed by atoms with E-state index in [4.69, 9.17) is 0 Å². The molecule has 1 rings (SSSR count). The van der Waals surface area contributed by atoms with Crippen molar-refractivity contribution in [2.24, 2.45) is 0 Å². The van der Waals surface area contributed by atoms with Crippen molar-refractivity contribution in [1.82, 2.24) is 10.6 Å². The minimum Gasteiger partial charge on any atom is -0.354 e. The fourth-order valence-corrected chi connectivity index (χ4v) is 3.30. The van der Waals surface area contributed by atoms with Crippen LogP contribution >= 0.6 is 15.9 Å². The Bertz CT molecular complexity index is 544. The lowest BCUT2D eigenvalue weighted by molar-refractivity contribution is -0.118. The molecule has 0 spiro atoms. The zero-order chi connectivity index (χ0) is 15.7. The summed E-state index contributed by atoms with van der Waals surface area (Å²) in [5.74, 6) is -1.05. The number of hydrogen-bond acceptors (Lipinski definition) is 4. The molecule has 0 atom stereocenters. The third-order valence-corrected chi connectivity index (χ3v) is 4.71. The van der Waals surface area contributed by atoms with E-state index in [1.165, 1.54) is 0 Å². The molecule has 0 aliphatic carbocycles. The van der Waals surface area contributed by atoms with Crippen LogP contribution in [0.2, 0.25) is 0 Å². The van der Waals surface area contributed by atoms with Gasteiger partial charge in [-0.15, -0.1) is 0 Å². The van der Waals surface area contributed by atoms with Crippen molar-refractivity contribution in [2.45, 2.75) is 19.1 Å². The quantitative estimate of drug-likeness (QED) is 0.640. The molecule has 2 N–H and O–H groups in total. The van der Waals surface area contributed by atoms with Crippen LogP contribution in [0.15, 0.2) is 28.7 Å². The molecular weight excluding hydrogens is 356 g/mol. The van der Waals surface area contributed by atoms with E-state index in [0.717, 1.165) is 17.4 Å². The number of nitrogens with one attached hydrogen (secondary N) is 2. The molecule has 1 amide bonds. The molecule has 0 saturated carbocycles. The Hall–Kier alpha value is -0.920. The third kappa shape index (κ3) is 8.18. The van der Waals surface area contributed by atoms with E-state index in [1.54, 1.807) is 24.3 Å². The summed E-state index contributed by atoms with van der Waals surface area (Å²) in [4.78, 5) is 11.6. The lowest BCUT2D eigenvalue weighted by atomic mass is 10.2. The van der Waals surface area contributed by atoms with Gasteiger partial charge in [0, 0.05) is 17.6 Å². The van der Waals surface area contributed by atoms with E-state index < -0.39 is 21.5 Å². The summed E-state index contributed by atoms with van der Waals surface area (Å²) >= 11 is 3.29. The van der Waals surface area contributed by atoms with Crippen LogP contribution in [0.3, 0.4) is 0 Å². The highest BCUT2D eigenvalue weighted by molar-refractivity contribution is 9.10. The molecule has 0 aliphatic rings. The smallest absolute Gasteiger partial charge is 0.235 e. The van der Waals surface area contributed by atoms with Crippen molar-refractivity contribution < 1.29 is 13.2 Å². The molecule has 0 heterocycles. The second-order valence-electron chi connectivity index (χ2n) is 4.76. The highest BCUT2D eigenvalue weighted by atomic mass is 79.9. The van der Waals surface area contributed by atoms with E-state index in [-0.39, 0.29) is 5.75 Å². The standard InChI is InChI=1S/C14H21BrN2O3S/c1-2-7-16-8-9-17-14(18)11-21(19,20)10-12-3-5-13(15)6-4-12/h3-6,16H,2,7-11H2,1H3,(H,17,18). The normalized spacial score (nSPS) is 11.3. The maximum atomic E-state index is 11.9. The van der Waals surface area contributed by atoms with Crippen molar-refractivity contribution in [3.8, 4) is 0 Å². The molecule has 0 fully saturated rings. The zero-order valence-corrected chi connectivity index (χ0v) is 14.5. The van der Waals surface area contributed by atoms with Gasteiger partial charge >= 0.3 is 0 Å². The fourth-order valence-electron chi connectivity index (χ4n) is 1.73. The molecule has 1 aromatic carbocycles. The Morgan fingerprint density at radius 1 is 1.14 bits per heavy atom. The second-order valence-corrected chi connectivity index (χ2v) is 7.74. The summed E-state index contributed by atoms with van der Waals surface area (Å²) in [6.07, 6.45) is 1.02. The first-order valence-electron chi connectivity index (χ1n) is 6.85. The molecule has 0 aliphatic heterocycles. The highest BCUT2D eigenvalue weighted by Crippen LogP contribution is 2.13. The van der Waals surface area contributed by atoms with Crippen molar-refractivity contribution in [3.05, 3.63) is 34.3 Å². The molecule has 1 aromatic rings. The summed E-state index contributed by atoms with van der Waals surface area (Å²) in [6.45, 7) is 4.02. The van der Waals surface area contributed by atoms with Crippen LogP contribution in [0.4, 0.5) is 0 Å². The highest BCUT2D eigenvalue weighted by Gasteiger charge is 2.17. The Morgan fingerprint density at radius 3 is 2.43 bits per heavy atom. The Labute approximate surface area is 134 Å². The summed E-state index contributed by atoms with van der Waals surface area (Å²) in [6, 6.07) is 7.02. The SMILES string of the molecule is CCCNCCNC(=O)CS(=O)(=O)Cc1ccc(Br)cc1. The van der Waals surface area contributed by atoms with Crippen molar-refractivity contribution in [2.75, 3.05) is 25.4 Å². The number of rotatable bonds is 9. The zero-order valence-electron chi connectivity index (χ0n) is 12.1.